The molecule has 2 aliphatic rings. The zero-order valence-corrected chi connectivity index (χ0v) is 12.8. The summed E-state index contributed by atoms with van der Waals surface area (Å²) in [4.78, 5) is 14.5. The van der Waals surface area contributed by atoms with Crippen LogP contribution in [0.5, 0.6) is 0 Å². The molecule has 24 heavy (non-hydrogen) atoms. The van der Waals surface area contributed by atoms with Gasteiger partial charge in [-0.25, -0.2) is 4.98 Å². The minimum Gasteiger partial charge on any atom is -0.367 e. The third kappa shape index (κ3) is 1.90. The van der Waals surface area contributed by atoms with E-state index in [0.29, 0.717) is 23.3 Å². The summed E-state index contributed by atoms with van der Waals surface area (Å²) < 4.78 is 1.27. The van der Waals surface area contributed by atoms with Gasteiger partial charge >= 0.3 is 5.82 Å². The lowest BCUT2D eigenvalue weighted by Gasteiger charge is -2.08. The van der Waals surface area contributed by atoms with Gasteiger partial charge in [0.05, 0.1) is 0 Å². The maximum Gasteiger partial charge on any atom is 0.368 e. The molecule has 3 aromatic rings. The molecule has 0 radical (unpaired) electrons. The fraction of sp³-hybridized carbons (Fsp3) is 0.294. The molecule has 7 heteroatoms. The number of nitrogens with zero attached hydrogens (tertiary/aromatic N) is 4. The van der Waals surface area contributed by atoms with Crippen molar-refractivity contribution in [3.63, 3.8) is 0 Å². The number of nitrogens with one attached hydrogen (secondary N) is 1. The number of fused-ring (bicyclic) bond motifs is 4. The van der Waals surface area contributed by atoms with Gasteiger partial charge in [0.25, 0.3) is 0 Å². The highest BCUT2D eigenvalue weighted by Gasteiger charge is 2.54. The van der Waals surface area contributed by atoms with Gasteiger partial charge in [-0.1, -0.05) is 33.9 Å². The second-order valence-electron chi connectivity index (χ2n) is 6.50. The van der Waals surface area contributed by atoms with E-state index in [0.717, 1.165) is 18.9 Å². The largest absolute Gasteiger partial charge is 0.368 e. The average molecular weight is 321 g/mol. The predicted molar refractivity (Wildman–Crippen MR) is 88.0 cm³/mol. The summed E-state index contributed by atoms with van der Waals surface area (Å²) in [5, 5.41) is 18.6. The van der Waals surface area contributed by atoms with Crippen LogP contribution in [-0.2, 0) is 6.42 Å². The summed E-state index contributed by atoms with van der Waals surface area (Å²) in [5.41, 5.74) is 3.45. The number of aromatic nitrogens is 3. The van der Waals surface area contributed by atoms with Gasteiger partial charge in [-0.3, -0.25) is 0 Å². The van der Waals surface area contributed by atoms with E-state index in [4.69, 9.17) is 0 Å². The molecule has 1 saturated carbocycles. The summed E-state index contributed by atoms with van der Waals surface area (Å²) in [5.74, 6) is 2.52. The Bertz CT molecular complexity index is 967. The Morgan fingerprint density at radius 2 is 2.17 bits per heavy atom. The summed E-state index contributed by atoms with van der Waals surface area (Å²) in [6.07, 6.45) is 2.39. The molecule has 3 unspecified atom stereocenters. The molecular formula is C17H15N5O2. The van der Waals surface area contributed by atoms with Crippen LogP contribution in [0.3, 0.4) is 0 Å². The molecule has 2 heterocycles. The van der Waals surface area contributed by atoms with Crippen LogP contribution in [0.1, 0.15) is 17.0 Å². The Balaban J connectivity index is 1.33. The monoisotopic (exact) mass is 321 g/mol. The van der Waals surface area contributed by atoms with Crippen LogP contribution in [0, 0.1) is 22.0 Å². The first-order chi connectivity index (χ1) is 11.7. The van der Waals surface area contributed by atoms with Gasteiger partial charge in [-0.15, -0.1) is 0 Å². The van der Waals surface area contributed by atoms with Crippen LogP contribution in [0.15, 0.2) is 42.6 Å². The molecule has 5 rings (SSSR count). The molecule has 1 aromatic carbocycles. The zero-order valence-electron chi connectivity index (χ0n) is 12.8. The Morgan fingerprint density at radius 3 is 3.04 bits per heavy atom. The van der Waals surface area contributed by atoms with Crippen molar-refractivity contribution in [3.8, 4) is 0 Å². The van der Waals surface area contributed by atoms with Gasteiger partial charge in [0.1, 0.15) is 6.20 Å². The maximum absolute atomic E-state index is 11.0. The lowest BCUT2D eigenvalue weighted by molar-refractivity contribution is -0.391. The highest BCUT2D eigenvalue weighted by Crippen LogP contribution is 2.61. The molecule has 1 fully saturated rings. The molecule has 0 aliphatic heterocycles. The fourth-order valence-electron chi connectivity index (χ4n) is 4.06. The highest BCUT2D eigenvalue weighted by atomic mass is 16.6. The third-order valence-electron chi connectivity index (χ3n) is 5.25. The lowest BCUT2D eigenvalue weighted by atomic mass is 10.0. The van der Waals surface area contributed by atoms with Crippen LogP contribution in [0.4, 0.5) is 11.6 Å². The second kappa shape index (κ2) is 4.77. The molecular weight excluding hydrogens is 306 g/mol. The zero-order chi connectivity index (χ0) is 16.3. The van der Waals surface area contributed by atoms with Crippen LogP contribution in [-0.4, -0.2) is 26.1 Å². The van der Waals surface area contributed by atoms with Gasteiger partial charge in [0.2, 0.25) is 5.65 Å². The van der Waals surface area contributed by atoms with Crippen molar-refractivity contribution in [2.24, 2.45) is 11.8 Å². The molecule has 2 aromatic heterocycles. The van der Waals surface area contributed by atoms with Crippen molar-refractivity contribution >= 4 is 17.3 Å². The summed E-state index contributed by atoms with van der Waals surface area (Å²) >= 11 is 0. The van der Waals surface area contributed by atoms with Crippen molar-refractivity contribution < 1.29 is 4.92 Å². The second-order valence-corrected chi connectivity index (χ2v) is 6.50. The number of hydrogen-bond acceptors (Lipinski definition) is 5. The summed E-state index contributed by atoms with van der Waals surface area (Å²) in [6, 6.07) is 12.2. The highest BCUT2D eigenvalue weighted by molar-refractivity contribution is 5.49. The molecule has 2 aliphatic carbocycles. The van der Waals surface area contributed by atoms with Crippen molar-refractivity contribution in [1.29, 1.82) is 0 Å². The van der Waals surface area contributed by atoms with E-state index in [1.54, 1.807) is 6.07 Å². The van der Waals surface area contributed by atoms with E-state index >= 15 is 0 Å². The number of rotatable bonds is 4. The van der Waals surface area contributed by atoms with E-state index < -0.39 is 4.92 Å². The topological polar surface area (TPSA) is 85.4 Å². The SMILES string of the molecule is O=[N+]([O-])c1cnc2ccc(NCC3C4Cc5ccccc5C34)nn12. The van der Waals surface area contributed by atoms with Crippen molar-refractivity contribution in [2.75, 3.05) is 11.9 Å². The van der Waals surface area contributed by atoms with Gasteiger partial charge in [0, 0.05) is 12.6 Å². The van der Waals surface area contributed by atoms with E-state index in [9.17, 15) is 10.1 Å². The van der Waals surface area contributed by atoms with E-state index in [-0.39, 0.29) is 5.82 Å². The first kappa shape index (κ1) is 13.5. The number of anilines is 1. The minimum atomic E-state index is -0.473. The number of hydrogen-bond donors (Lipinski definition) is 1. The van der Waals surface area contributed by atoms with Crippen molar-refractivity contribution in [2.45, 2.75) is 12.3 Å². The maximum atomic E-state index is 11.0. The molecule has 0 spiro atoms. The number of imidazole rings is 1. The lowest BCUT2D eigenvalue weighted by Crippen LogP contribution is -2.10. The number of benzene rings is 1. The molecule has 0 bridgehead atoms. The minimum absolute atomic E-state index is 0.120. The molecule has 3 atom stereocenters. The van der Waals surface area contributed by atoms with Crippen LogP contribution in [0.2, 0.25) is 0 Å². The molecule has 120 valence electrons. The molecule has 7 nitrogen and oxygen atoms in total. The smallest absolute Gasteiger partial charge is 0.367 e. The van der Waals surface area contributed by atoms with Crippen LogP contribution < -0.4 is 5.32 Å². The Morgan fingerprint density at radius 1 is 1.29 bits per heavy atom. The quantitative estimate of drug-likeness (QED) is 0.590. The van der Waals surface area contributed by atoms with Gasteiger partial charge in [-0.05, 0) is 46.3 Å². The Labute approximate surface area is 137 Å². The first-order valence-electron chi connectivity index (χ1n) is 8.03. The number of nitro groups is 1. The fourth-order valence-corrected chi connectivity index (χ4v) is 4.06. The van der Waals surface area contributed by atoms with Gasteiger partial charge in [0.15, 0.2) is 5.82 Å². The summed E-state index contributed by atoms with van der Waals surface area (Å²) in [7, 11) is 0. The standard InChI is InChI=1S/C17H15N5O2/c23-22(24)16-9-19-15-6-5-14(20-21(15)16)18-8-13-12-7-10-3-1-2-4-11(10)17(12)13/h1-6,9,12-13,17H,7-8H2,(H,18,20). The molecule has 0 saturated heterocycles. The van der Waals surface area contributed by atoms with Crippen molar-refractivity contribution in [3.05, 3.63) is 63.8 Å². The third-order valence-corrected chi connectivity index (χ3v) is 5.25. The summed E-state index contributed by atoms with van der Waals surface area (Å²) in [6.45, 7) is 0.838. The molecule has 1 N–H and O–H groups in total. The van der Waals surface area contributed by atoms with E-state index in [2.05, 4.69) is 39.7 Å². The Hall–Kier alpha value is -2.96. The predicted octanol–water partition coefficient (Wildman–Crippen LogP) is 2.64. The van der Waals surface area contributed by atoms with Gasteiger partial charge < -0.3 is 15.4 Å². The van der Waals surface area contributed by atoms with Crippen LogP contribution in [0.25, 0.3) is 5.65 Å². The van der Waals surface area contributed by atoms with E-state index in [1.807, 2.05) is 6.07 Å². The van der Waals surface area contributed by atoms with Crippen LogP contribution >= 0.6 is 0 Å². The normalized spacial score (nSPS) is 23.8. The van der Waals surface area contributed by atoms with Crippen molar-refractivity contribution in [1.82, 2.24) is 14.6 Å². The first-order valence-corrected chi connectivity index (χ1v) is 8.03. The molecule has 0 amide bonds. The van der Waals surface area contributed by atoms with E-state index in [1.165, 1.54) is 21.8 Å². The van der Waals surface area contributed by atoms with Gasteiger partial charge in [-0.2, -0.15) is 0 Å². The Kier molecular flexibility index (Phi) is 2.68. The average Bonchev–Trinajstić information content (AvgIpc) is 2.95.